The quantitative estimate of drug-likeness (QED) is 0.909. The van der Waals surface area contributed by atoms with Gasteiger partial charge >= 0.3 is 0 Å². The molecule has 0 aliphatic heterocycles. The van der Waals surface area contributed by atoms with E-state index in [1.165, 1.54) is 0 Å². The highest BCUT2D eigenvalue weighted by Gasteiger charge is 2.20. The van der Waals surface area contributed by atoms with E-state index in [-0.39, 0.29) is 6.04 Å². The lowest BCUT2D eigenvalue weighted by atomic mass is 10.0. The number of hydrogen-bond acceptors (Lipinski definition) is 4. The van der Waals surface area contributed by atoms with Crippen molar-refractivity contribution in [1.29, 1.82) is 0 Å². The molecule has 1 aromatic heterocycles. The fourth-order valence-electron chi connectivity index (χ4n) is 2.13. The fraction of sp³-hybridized carbons (Fsp3) is 0.357. The van der Waals surface area contributed by atoms with E-state index in [1.807, 2.05) is 29.8 Å². The highest BCUT2D eigenvalue weighted by atomic mass is 79.9. The van der Waals surface area contributed by atoms with Crippen LogP contribution in [0.5, 0.6) is 11.5 Å². The summed E-state index contributed by atoms with van der Waals surface area (Å²) in [6.45, 7) is 2.76. The van der Waals surface area contributed by atoms with Gasteiger partial charge in [-0.2, -0.15) is 5.10 Å². The zero-order chi connectivity index (χ0) is 14.7. The Bertz CT molecular complexity index is 577. The summed E-state index contributed by atoms with van der Waals surface area (Å²) in [5.41, 5.74) is 8.20. The van der Waals surface area contributed by atoms with Crippen molar-refractivity contribution < 1.29 is 9.47 Å². The molecule has 0 fully saturated rings. The first kappa shape index (κ1) is 14.9. The van der Waals surface area contributed by atoms with E-state index in [0.717, 1.165) is 28.0 Å². The highest BCUT2D eigenvalue weighted by molar-refractivity contribution is 9.10. The average molecular weight is 340 g/mol. The molecule has 1 atom stereocenters. The van der Waals surface area contributed by atoms with Gasteiger partial charge in [-0.05, 0) is 40.5 Å². The zero-order valence-electron chi connectivity index (χ0n) is 11.8. The van der Waals surface area contributed by atoms with E-state index < -0.39 is 0 Å². The third-order valence-corrected chi connectivity index (χ3v) is 3.81. The Kier molecular flexibility index (Phi) is 4.67. The maximum absolute atomic E-state index is 6.37. The van der Waals surface area contributed by atoms with Gasteiger partial charge in [-0.3, -0.25) is 4.68 Å². The average Bonchev–Trinajstić information content (AvgIpc) is 2.89. The normalized spacial score (nSPS) is 12.2. The van der Waals surface area contributed by atoms with Crippen LogP contribution in [-0.4, -0.2) is 24.0 Å². The molecular weight excluding hydrogens is 322 g/mol. The molecule has 0 saturated heterocycles. The summed E-state index contributed by atoms with van der Waals surface area (Å²) in [6.07, 6.45) is 1.69. The SMILES string of the molecule is CCn1ncc(OC)c1C(N)c1ccc(OC)c(Br)c1. The summed E-state index contributed by atoms with van der Waals surface area (Å²) in [7, 11) is 3.26. The molecule has 6 heteroatoms. The van der Waals surface area contributed by atoms with E-state index in [1.54, 1.807) is 20.4 Å². The van der Waals surface area contributed by atoms with Crippen LogP contribution in [0.15, 0.2) is 28.9 Å². The van der Waals surface area contributed by atoms with Crippen LogP contribution in [0.1, 0.15) is 24.2 Å². The Morgan fingerprint density at radius 1 is 1.30 bits per heavy atom. The van der Waals surface area contributed by atoms with Crippen LogP contribution < -0.4 is 15.2 Å². The van der Waals surface area contributed by atoms with Crippen molar-refractivity contribution in [1.82, 2.24) is 9.78 Å². The molecule has 2 N–H and O–H groups in total. The molecule has 2 aromatic rings. The second kappa shape index (κ2) is 6.28. The van der Waals surface area contributed by atoms with Gasteiger partial charge in [0.1, 0.15) is 11.4 Å². The molecule has 1 heterocycles. The van der Waals surface area contributed by atoms with Crippen LogP contribution in [0.4, 0.5) is 0 Å². The Morgan fingerprint density at radius 2 is 2.00 bits per heavy atom. The Morgan fingerprint density at radius 3 is 2.55 bits per heavy atom. The summed E-state index contributed by atoms with van der Waals surface area (Å²) < 4.78 is 13.3. The molecule has 0 spiro atoms. The van der Waals surface area contributed by atoms with Gasteiger partial charge in [-0.1, -0.05) is 6.07 Å². The first-order valence-electron chi connectivity index (χ1n) is 6.31. The van der Waals surface area contributed by atoms with Gasteiger partial charge < -0.3 is 15.2 Å². The van der Waals surface area contributed by atoms with Gasteiger partial charge in [0.05, 0.1) is 30.9 Å². The number of halogens is 1. The predicted octanol–water partition coefficient (Wildman–Crippen LogP) is 2.73. The zero-order valence-corrected chi connectivity index (χ0v) is 13.3. The Labute approximate surface area is 126 Å². The minimum absolute atomic E-state index is 0.311. The van der Waals surface area contributed by atoms with E-state index in [0.29, 0.717) is 5.75 Å². The number of aryl methyl sites for hydroxylation is 1. The molecule has 1 unspecified atom stereocenters. The lowest BCUT2D eigenvalue weighted by molar-refractivity contribution is 0.404. The van der Waals surface area contributed by atoms with E-state index in [2.05, 4.69) is 21.0 Å². The van der Waals surface area contributed by atoms with Crippen molar-refractivity contribution in [3.05, 3.63) is 40.1 Å². The number of rotatable bonds is 5. The molecule has 0 saturated carbocycles. The van der Waals surface area contributed by atoms with Crippen LogP contribution in [0.3, 0.4) is 0 Å². The molecule has 2 rings (SSSR count). The van der Waals surface area contributed by atoms with Crippen molar-refractivity contribution in [2.24, 2.45) is 5.73 Å². The summed E-state index contributed by atoms with van der Waals surface area (Å²) >= 11 is 3.48. The number of methoxy groups -OCH3 is 2. The lowest BCUT2D eigenvalue weighted by Crippen LogP contribution is -2.18. The van der Waals surface area contributed by atoms with Gasteiger partial charge in [0.2, 0.25) is 0 Å². The van der Waals surface area contributed by atoms with E-state index >= 15 is 0 Å². The molecule has 0 aliphatic rings. The highest BCUT2D eigenvalue weighted by Crippen LogP contribution is 2.32. The monoisotopic (exact) mass is 339 g/mol. The minimum Gasteiger partial charge on any atom is -0.496 e. The third-order valence-electron chi connectivity index (χ3n) is 3.19. The van der Waals surface area contributed by atoms with E-state index in [4.69, 9.17) is 15.2 Å². The summed E-state index contributed by atoms with van der Waals surface area (Å²) in [5, 5.41) is 4.28. The van der Waals surface area contributed by atoms with Crippen LogP contribution >= 0.6 is 15.9 Å². The predicted molar refractivity (Wildman–Crippen MR) is 81.2 cm³/mol. The molecule has 1 aromatic carbocycles. The fourth-order valence-corrected chi connectivity index (χ4v) is 2.69. The number of nitrogens with zero attached hydrogens (tertiary/aromatic N) is 2. The number of benzene rings is 1. The Balaban J connectivity index is 2.43. The first-order chi connectivity index (χ1) is 9.62. The maximum Gasteiger partial charge on any atom is 0.161 e. The van der Waals surface area contributed by atoms with Crippen molar-refractivity contribution >= 4 is 15.9 Å². The second-order valence-corrected chi connectivity index (χ2v) is 5.14. The topological polar surface area (TPSA) is 62.3 Å². The number of ether oxygens (including phenoxy) is 2. The van der Waals surface area contributed by atoms with Crippen LogP contribution in [0, 0.1) is 0 Å². The van der Waals surface area contributed by atoms with Crippen LogP contribution in [0.25, 0.3) is 0 Å². The second-order valence-electron chi connectivity index (χ2n) is 4.29. The lowest BCUT2D eigenvalue weighted by Gasteiger charge is -2.16. The summed E-state index contributed by atoms with van der Waals surface area (Å²) in [5.74, 6) is 1.48. The van der Waals surface area contributed by atoms with Gasteiger partial charge in [0.15, 0.2) is 5.75 Å². The third kappa shape index (κ3) is 2.66. The molecular formula is C14H18BrN3O2. The van der Waals surface area contributed by atoms with Crippen molar-refractivity contribution in [2.75, 3.05) is 14.2 Å². The van der Waals surface area contributed by atoms with Gasteiger partial charge in [0.25, 0.3) is 0 Å². The molecule has 0 aliphatic carbocycles. The van der Waals surface area contributed by atoms with E-state index in [9.17, 15) is 0 Å². The standard InChI is InChI=1S/C14H18BrN3O2/c1-4-18-14(12(20-3)8-17-18)13(16)9-5-6-11(19-2)10(15)7-9/h5-8,13H,4,16H2,1-3H3. The molecule has 0 radical (unpaired) electrons. The van der Waals surface area contributed by atoms with Crippen molar-refractivity contribution in [2.45, 2.75) is 19.5 Å². The largest absolute Gasteiger partial charge is 0.496 e. The first-order valence-corrected chi connectivity index (χ1v) is 7.10. The van der Waals surface area contributed by atoms with Crippen LogP contribution in [-0.2, 0) is 6.54 Å². The molecule has 0 bridgehead atoms. The summed E-state index contributed by atoms with van der Waals surface area (Å²) in [6, 6.07) is 5.48. The number of aromatic nitrogens is 2. The van der Waals surface area contributed by atoms with Crippen LogP contribution in [0.2, 0.25) is 0 Å². The van der Waals surface area contributed by atoms with Gasteiger partial charge in [-0.25, -0.2) is 0 Å². The summed E-state index contributed by atoms with van der Waals surface area (Å²) in [4.78, 5) is 0. The van der Waals surface area contributed by atoms with Crippen molar-refractivity contribution in [3.8, 4) is 11.5 Å². The smallest absolute Gasteiger partial charge is 0.161 e. The van der Waals surface area contributed by atoms with Crippen molar-refractivity contribution in [3.63, 3.8) is 0 Å². The molecule has 20 heavy (non-hydrogen) atoms. The van der Waals surface area contributed by atoms with Gasteiger partial charge in [-0.15, -0.1) is 0 Å². The molecule has 0 amide bonds. The maximum atomic E-state index is 6.37. The number of hydrogen-bond donors (Lipinski definition) is 1. The molecule has 108 valence electrons. The Hall–Kier alpha value is -1.53. The number of nitrogens with two attached hydrogens (primary N) is 1. The van der Waals surface area contributed by atoms with Gasteiger partial charge in [0, 0.05) is 6.54 Å². The molecule has 5 nitrogen and oxygen atoms in total. The minimum atomic E-state index is -0.311.